The van der Waals surface area contributed by atoms with E-state index in [1.165, 1.54) is 30.5 Å². The predicted octanol–water partition coefficient (Wildman–Crippen LogP) is 5.54. The van der Waals surface area contributed by atoms with Crippen LogP contribution in [-0.4, -0.2) is 107 Å². The first kappa shape index (κ1) is 34.8. The number of alkyl halides is 1. The van der Waals surface area contributed by atoms with E-state index in [2.05, 4.69) is 20.8 Å². The molecule has 0 amide bonds. The molecule has 2 aromatic carbocycles. The Morgan fingerprint density at radius 1 is 1.10 bits per heavy atom. The van der Waals surface area contributed by atoms with E-state index in [1.54, 1.807) is 6.92 Å². The number of likely N-dealkylation sites (tertiary alicyclic amines) is 1. The molecule has 4 aliphatic rings. The van der Waals surface area contributed by atoms with Crippen molar-refractivity contribution >= 4 is 27.5 Å². The van der Waals surface area contributed by atoms with E-state index in [-0.39, 0.29) is 88.7 Å². The maximum atomic E-state index is 17.0. The van der Waals surface area contributed by atoms with E-state index in [0.29, 0.717) is 37.4 Å². The molecule has 0 spiro atoms. The fourth-order valence-electron chi connectivity index (χ4n) is 9.06. The van der Waals surface area contributed by atoms with Crippen molar-refractivity contribution in [1.82, 2.24) is 19.9 Å². The summed E-state index contributed by atoms with van der Waals surface area (Å²) < 4.78 is 64.7. The van der Waals surface area contributed by atoms with Gasteiger partial charge >= 0.3 is 6.01 Å². The monoisotopic (exact) mass is 717 g/mol. The summed E-state index contributed by atoms with van der Waals surface area (Å²) in [5, 5.41) is 22.6. The number of hydrogen-bond acceptors (Lipinski definition) is 10. The minimum atomic E-state index is -1.23. The largest absolute Gasteiger partial charge is 0.508 e. The van der Waals surface area contributed by atoms with Crippen LogP contribution in [0.1, 0.15) is 51.0 Å². The lowest BCUT2D eigenvalue weighted by Crippen LogP contribution is -2.59. The van der Waals surface area contributed by atoms with Crippen LogP contribution in [0.3, 0.4) is 0 Å². The van der Waals surface area contributed by atoms with Crippen molar-refractivity contribution in [3.8, 4) is 35.4 Å². The van der Waals surface area contributed by atoms with Crippen LogP contribution >= 0.6 is 0 Å². The minimum absolute atomic E-state index is 0.0499. The number of phenolic OH excluding ortho intramolecular Hbond substituents is 1. The van der Waals surface area contributed by atoms with E-state index in [9.17, 15) is 14.6 Å². The van der Waals surface area contributed by atoms with Crippen molar-refractivity contribution in [1.29, 1.82) is 0 Å². The molecule has 1 saturated carbocycles. The Morgan fingerprint density at radius 3 is 2.77 bits per heavy atom. The highest BCUT2D eigenvalue weighted by molar-refractivity contribution is 6.03. The number of nitrogens with zero attached hydrogens (tertiary/aromatic N) is 5. The highest BCUT2D eigenvalue weighted by atomic mass is 19.1. The van der Waals surface area contributed by atoms with E-state index in [1.807, 2.05) is 4.90 Å². The molecule has 1 aliphatic carbocycles. The van der Waals surface area contributed by atoms with E-state index in [4.69, 9.17) is 25.6 Å². The Hall–Kier alpha value is -4.22. The molecular weight excluding hydrogens is 675 g/mol. The highest BCUT2D eigenvalue weighted by Gasteiger charge is 2.51. The number of phenols is 1. The molecular formula is C39H42F3N5O5. The van der Waals surface area contributed by atoms with Crippen LogP contribution in [0.15, 0.2) is 30.5 Å². The molecule has 5 unspecified atom stereocenters. The summed E-state index contributed by atoms with van der Waals surface area (Å²) in [7, 11) is 0. The van der Waals surface area contributed by atoms with Crippen molar-refractivity contribution in [2.45, 2.75) is 69.3 Å². The lowest BCUT2D eigenvalue weighted by atomic mass is 9.74. The number of anilines is 1. The fourth-order valence-corrected chi connectivity index (χ4v) is 9.06. The average molecular weight is 718 g/mol. The Kier molecular flexibility index (Phi) is 9.14. The van der Waals surface area contributed by atoms with Gasteiger partial charge in [0.05, 0.1) is 43.9 Å². The second-order valence-electron chi connectivity index (χ2n) is 15.0. The van der Waals surface area contributed by atoms with Crippen molar-refractivity contribution in [3.05, 3.63) is 47.7 Å². The summed E-state index contributed by atoms with van der Waals surface area (Å²) in [5.74, 6) is 1.00. The van der Waals surface area contributed by atoms with Gasteiger partial charge in [0.25, 0.3) is 0 Å². The van der Waals surface area contributed by atoms with Gasteiger partial charge < -0.3 is 29.3 Å². The van der Waals surface area contributed by atoms with Gasteiger partial charge in [0.2, 0.25) is 0 Å². The van der Waals surface area contributed by atoms with Crippen LogP contribution in [0.25, 0.3) is 32.9 Å². The SMILES string of the molecule is C#Cc1c(F)ccc2cc(O)cc(-c3ncc4c(N5CCOCC(C)(O)C5)nc(OCC56CCCC5N(C5CCOCC5F)CCC6)nc4c3F)c12. The molecule has 0 bridgehead atoms. The van der Waals surface area contributed by atoms with Crippen LogP contribution in [0.2, 0.25) is 0 Å². The van der Waals surface area contributed by atoms with Crippen molar-refractivity contribution in [2.75, 3.05) is 57.6 Å². The molecule has 8 rings (SSSR count). The maximum Gasteiger partial charge on any atom is 0.319 e. The second-order valence-corrected chi connectivity index (χ2v) is 15.0. The number of piperidine rings is 1. The van der Waals surface area contributed by atoms with Gasteiger partial charge in [-0.1, -0.05) is 18.4 Å². The van der Waals surface area contributed by atoms with Gasteiger partial charge in [-0.05, 0) is 69.2 Å². The number of aliphatic hydroxyl groups is 1. The Morgan fingerprint density at radius 2 is 1.94 bits per heavy atom. The Balaban J connectivity index is 1.22. The number of hydrogen-bond donors (Lipinski definition) is 2. The first-order valence-electron chi connectivity index (χ1n) is 18.0. The lowest BCUT2D eigenvalue weighted by Gasteiger charge is -2.50. The predicted molar refractivity (Wildman–Crippen MR) is 189 cm³/mol. The number of β-amino-alcohol motifs (C(OH)–C–C–N with tert-alkyl or cyclic N) is 1. The summed E-state index contributed by atoms with van der Waals surface area (Å²) in [6.45, 7) is 4.29. The normalized spacial score (nSPS) is 28.5. The third-order valence-electron chi connectivity index (χ3n) is 11.4. The van der Waals surface area contributed by atoms with Gasteiger partial charge in [-0.25, -0.2) is 13.2 Å². The van der Waals surface area contributed by atoms with Crippen molar-refractivity contribution in [3.63, 3.8) is 0 Å². The smallest absolute Gasteiger partial charge is 0.319 e. The Bertz CT molecular complexity index is 2060. The van der Waals surface area contributed by atoms with Crippen molar-refractivity contribution < 1.29 is 37.6 Å². The maximum absolute atomic E-state index is 17.0. The Labute approximate surface area is 299 Å². The summed E-state index contributed by atoms with van der Waals surface area (Å²) in [4.78, 5) is 18.1. The zero-order chi connectivity index (χ0) is 36.2. The molecule has 13 heteroatoms. The number of ether oxygens (including phenoxy) is 3. The van der Waals surface area contributed by atoms with Crippen LogP contribution in [0.4, 0.5) is 19.0 Å². The molecule has 10 nitrogen and oxygen atoms in total. The van der Waals surface area contributed by atoms with E-state index < -0.39 is 23.4 Å². The van der Waals surface area contributed by atoms with Gasteiger partial charge in [0, 0.05) is 47.8 Å². The summed E-state index contributed by atoms with van der Waals surface area (Å²) in [5.41, 5.74) is -1.75. The average Bonchev–Trinajstić information content (AvgIpc) is 3.48. The molecule has 52 heavy (non-hydrogen) atoms. The third-order valence-corrected chi connectivity index (χ3v) is 11.4. The van der Waals surface area contributed by atoms with Crippen LogP contribution in [0, 0.1) is 29.4 Å². The van der Waals surface area contributed by atoms with Crippen LogP contribution in [0.5, 0.6) is 11.8 Å². The number of aromatic nitrogens is 3. The fraction of sp³-hybridized carbons (Fsp3) is 0.513. The van der Waals surface area contributed by atoms with Gasteiger partial charge in [-0.3, -0.25) is 9.88 Å². The lowest BCUT2D eigenvalue weighted by molar-refractivity contribution is -0.0828. The standard InChI is InChI=1S/C39H42F3N5O5/c1-3-25-28(40)8-7-23-16-24(48)17-26(32(23)25)34-33(42)35-27(18-43-34)36(46-13-15-51-21-38(2,49)20-46)45-37(44-35)52-22-39-10-4-6-31(39)47(12-5-11-39)30-9-14-50-19-29(30)41/h1,7-8,16-18,29-31,48-49H,4-6,9-15,19-22H2,2H3. The molecule has 5 heterocycles. The first-order chi connectivity index (χ1) is 25.1. The zero-order valence-corrected chi connectivity index (χ0v) is 29.1. The number of terminal acetylenes is 1. The topological polar surface area (TPSA) is 113 Å². The van der Waals surface area contributed by atoms with Crippen LogP contribution in [-0.2, 0) is 9.47 Å². The highest BCUT2D eigenvalue weighted by Crippen LogP contribution is 2.49. The molecule has 3 saturated heterocycles. The molecule has 5 atom stereocenters. The number of rotatable bonds is 6. The molecule has 4 aromatic rings. The van der Waals surface area contributed by atoms with E-state index >= 15 is 8.78 Å². The van der Waals surface area contributed by atoms with Crippen molar-refractivity contribution in [2.24, 2.45) is 5.41 Å². The van der Waals surface area contributed by atoms with E-state index in [0.717, 1.165) is 38.6 Å². The number of halogens is 3. The third kappa shape index (κ3) is 6.19. The molecule has 2 N–H and O–H groups in total. The van der Waals surface area contributed by atoms with Gasteiger partial charge in [0.1, 0.15) is 40.4 Å². The molecule has 4 fully saturated rings. The molecule has 0 radical (unpaired) electrons. The van der Waals surface area contributed by atoms with Gasteiger partial charge in [-0.2, -0.15) is 9.97 Å². The molecule has 3 aliphatic heterocycles. The molecule has 274 valence electrons. The summed E-state index contributed by atoms with van der Waals surface area (Å²) in [6, 6.07) is 5.27. The summed E-state index contributed by atoms with van der Waals surface area (Å²) >= 11 is 0. The zero-order valence-electron chi connectivity index (χ0n) is 29.1. The number of benzene rings is 2. The summed E-state index contributed by atoms with van der Waals surface area (Å²) in [6.07, 6.45) is 11.4. The number of aromatic hydroxyl groups is 1. The number of fused-ring (bicyclic) bond motifs is 3. The van der Waals surface area contributed by atoms with Gasteiger partial charge in [0.15, 0.2) is 5.82 Å². The molecule has 2 aromatic heterocycles. The number of pyridine rings is 1. The minimum Gasteiger partial charge on any atom is -0.508 e. The second kappa shape index (κ2) is 13.6. The quantitative estimate of drug-likeness (QED) is 0.247. The van der Waals surface area contributed by atoms with Gasteiger partial charge in [-0.15, -0.1) is 6.42 Å². The van der Waals surface area contributed by atoms with Crippen LogP contribution < -0.4 is 9.64 Å². The first-order valence-corrected chi connectivity index (χ1v) is 18.0.